The smallest absolute Gasteiger partial charge is 0.241 e. The van der Waals surface area contributed by atoms with E-state index in [1.165, 1.54) is 0 Å². The van der Waals surface area contributed by atoms with Gasteiger partial charge in [-0.25, -0.2) is 0 Å². The molecule has 1 aromatic rings. The van der Waals surface area contributed by atoms with Crippen molar-refractivity contribution in [3.05, 3.63) is 29.8 Å². The predicted molar refractivity (Wildman–Crippen MR) is 81.1 cm³/mol. The highest BCUT2D eigenvalue weighted by Gasteiger charge is 2.39. The van der Waals surface area contributed by atoms with Crippen LogP contribution in [0.1, 0.15) is 32.5 Å². The number of nitrogens with one attached hydrogen (secondary N) is 1. The molecule has 1 aromatic carbocycles. The number of rotatable bonds is 5. The molecule has 1 aliphatic heterocycles. The number of carbonyl (C=O) groups excluding carboxylic acids is 1. The molecule has 0 saturated carbocycles. The first-order chi connectivity index (χ1) is 9.88. The van der Waals surface area contributed by atoms with Gasteiger partial charge in [0.25, 0.3) is 0 Å². The molecule has 0 aliphatic carbocycles. The van der Waals surface area contributed by atoms with Crippen LogP contribution in [0.5, 0.6) is 5.75 Å². The van der Waals surface area contributed by atoms with Gasteiger partial charge in [0.1, 0.15) is 11.9 Å². The summed E-state index contributed by atoms with van der Waals surface area (Å²) in [5.41, 5.74) is 0.659. The fourth-order valence-electron chi connectivity index (χ4n) is 2.48. The number of methoxy groups -OCH3 is 2. The van der Waals surface area contributed by atoms with Gasteiger partial charge in [0, 0.05) is 7.11 Å². The third-order valence-corrected chi connectivity index (χ3v) is 3.91. The zero-order chi connectivity index (χ0) is 15.6. The molecule has 0 aromatic heterocycles. The topological polar surface area (TPSA) is 50.8 Å². The van der Waals surface area contributed by atoms with Gasteiger partial charge in [0.05, 0.1) is 25.3 Å². The van der Waals surface area contributed by atoms with Crippen molar-refractivity contribution < 1.29 is 14.3 Å². The van der Waals surface area contributed by atoms with E-state index in [9.17, 15) is 4.79 Å². The third-order valence-electron chi connectivity index (χ3n) is 3.91. The molecule has 1 heterocycles. The molecule has 5 nitrogen and oxygen atoms in total. The Morgan fingerprint density at radius 2 is 1.86 bits per heavy atom. The summed E-state index contributed by atoms with van der Waals surface area (Å²) in [5, 5.41) is 3.33. The Morgan fingerprint density at radius 1 is 1.24 bits per heavy atom. The summed E-state index contributed by atoms with van der Waals surface area (Å²) in [6.45, 7) is 6.39. The molecule has 2 rings (SSSR count). The van der Waals surface area contributed by atoms with Crippen LogP contribution in [0.25, 0.3) is 0 Å². The maximum atomic E-state index is 12.4. The third kappa shape index (κ3) is 3.36. The van der Waals surface area contributed by atoms with E-state index in [2.05, 4.69) is 5.32 Å². The SMILES string of the molecule is COc1ccc(C2NC(C)C(=O)N2CC(C)(C)OC)cc1. The number of ether oxygens (including phenoxy) is 2. The van der Waals surface area contributed by atoms with Crippen molar-refractivity contribution >= 4 is 5.91 Å². The summed E-state index contributed by atoms with van der Waals surface area (Å²) >= 11 is 0. The van der Waals surface area contributed by atoms with Crippen LogP contribution in [-0.2, 0) is 9.53 Å². The van der Waals surface area contributed by atoms with Crippen LogP contribution in [-0.4, -0.2) is 43.2 Å². The largest absolute Gasteiger partial charge is 0.497 e. The summed E-state index contributed by atoms with van der Waals surface area (Å²) in [4.78, 5) is 14.2. The highest BCUT2D eigenvalue weighted by atomic mass is 16.5. The fourth-order valence-corrected chi connectivity index (χ4v) is 2.48. The van der Waals surface area contributed by atoms with Gasteiger partial charge in [-0.1, -0.05) is 12.1 Å². The number of carbonyl (C=O) groups is 1. The lowest BCUT2D eigenvalue weighted by Gasteiger charge is -2.32. The number of benzene rings is 1. The molecule has 0 radical (unpaired) electrons. The lowest BCUT2D eigenvalue weighted by Crippen LogP contribution is -2.43. The maximum Gasteiger partial charge on any atom is 0.241 e. The zero-order valence-corrected chi connectivity index (χ0v) is 13.3. The minimum absolute atomic E-state index is 0.0981. The normalized spacial score (nSPS) is 22.7. The van der Waals surface area contributed by atoms with Crippen molar-refractivity contribution in [2.45, 2.75) is 38.6 Å². The van der Waals surface area contributed by atoms with Crippen LogP contribution in [0.3, 0.4) is 0 Å². The summed E-state index contributed by atoms with van der Waals surface area (Å²) in [6.07, 6.45) is -0.132. The second-order valence-electron chi connectivity index (χ2n) is 5.99. The van der Waals surface area contributed by atoms with Gasteiger partial charge in [-0.2, -0.15) is 0 Å². The van der Waals surface area contributed by atoms with Crippen LogP contribution in [0.2, 0.25) is 0 Å². The van der Waals surface area contributed by atoms with E-state index in [1.54, 1.807) is 14.2 Å². The number of hydrogen-bond acceptors (Lipinski definition) is 4. The Morgan fingerprint density at radius 3 is 2.38 bits per heavy atom. The molecule has 1 amide bonds. The zero-order valence-electron chi connectivity index (χ0n) is 13.3. The van der Waals surface area contributed by atoms with Gasteiger partial charge in [-0.3, -0.25) is 10.1 Å². The standard InChI is InChI=1S/C16H24N2O3/c1-11-15(19)18(10-16(2,3)21-5)14(17-11)12-6-8-13(20-4)9-7-12/h6-9,11,14,17H,10H2,1-5H3. The van der Waals surface area contributed by atoms with E-state index in [1.807, 2.05) is 49.9 Å². The molecule has 1 aliphatic rings. The van der Waals surface area contributed by atoms with Gasteiger partial charge in [0.2, 0.25) is 5.91 Å². The number of nitrogens with zero attached hydrogens (tertiary/aromatic N) is 1. The first-order valence-corrected chi connectivity index (χ1v) is 7.13. The Hall–Kier alpha value is -1.59. The van der Waals surface area contributed by atoms with Gasteiger partial charge in [-0.15, -0.1) is 0 Å². The summed E-state index contributed by atoms with van der Waals surface area (Å²) in [6, 6.07) is 7.59. The molecule has 5 heteroatoms. The molecule has 0 bridgehead atoms. The highest BCUT2D eigenvalue weighted by Crippen LogP contribution is 2.28. The molecule has 0 spiro atoms. The van der Waals surface area contributed by atoms with Crippen molar-refractivity contribution in [1.29, 1.82) is 0 Å². The fraction of sp³-hybridized carbons (Fsp3) is 0.562. The first-order valence-electron chi connectivity index (χ1n) is 7.13. The van der Waals surface area contributed by atoms with Crippen molar-refractivity contribution in [2.75, 3.05) is 20.8 Å². The van der Waals surface area contributed by atoms with Gasteiger partial charge in [0.15, 0.2) is 0 Å². The number of amides is 1. The predicted octanol–water partition coefficient (Wildman–Crippen LogP) is 1.94. The van der Waals surface area contributed by atoms with Crippen molar-refractivity contribution in [1.82, 2.24) is 10.2 Å². The Balaban J connectivity index is 2.24. The summed E-state index contributed by atoms with van der Waals surface area (Å²) < 4.78 is 10.6. The molecule has 116 valence electrons. The van der Waals surface area contributed by atoms with E-state index >= 15 is 0 Å². The van der Waals surface area contributed by atoms with Crippen molar-refractivity contribution in [3.63, 3.8) is 0 Å². The van der Waals surface area contributed by atoms with E-state index in [4.69, 9.17) is 9.47 Å². The van der Waals surface area contributed by atoms with Crippen LogP contribution < -0.4 is 10.1 Å². The van der Waals surface area contributed by atoms with Crippen molar-refractivity contribution in [2.24, 2.45) is 0 Å². The first kappa shape index (κ1) is 15.8. The van der Waals surface area contributed by atoms with Gasteiger partial charge >= 0.3 is 0 Å². The summed E-state index contributed by atoms with van der Waals surface area (Å²) in [5.74, 6) is 0.904. The van der Waals surface area contributed by atoms with Crippen LogP contribution in [0.4, 0.5) is 0 Å². The minimum atomic E-state index is -0.383. The molecule has 2 atom stereocenters. The maximum absolute atomic E-state index is 12.4. The van der Waals surface area contributed by atoms with E-state index < -0.39 is 0 Å². The van der Waals surface area contributed by atoms with Crippen LogP contribution in [0.15, 0.2) is 24.3 Å². The van der Waals surface area contributed by atoms with Crippen molar-refractivity contribution in [3.8, 4) is 5.75 Å². The average Bonchev–Trinajstić information content (AvgIpc) is 2.75. The molecule has 1 fully saturated rings. The van der Waals surface area contributed by atoms with E-state index in [-0.39, 0.29) is 23.7 Å². The second kappa shape index (κ2) is 6.03. The van der Waals surface area contributed by atoms with Crippen LogP contribution >= 0.6 is 0 Å². The summed E-state index contributed by atoms with van der Waals surface area (Å²) in [7, 11) is 3.31. The molecule has 21 heavy (non-hydrogen) atoms. The average molecular weight is 292 g/mol. The van der Waals surface area contributed by atoms with Gasteiger partial charge in [-0.05, 0) is 38.5 Å². The Kier molecular flexibility index (Phi) is 4.54. The lowest BCUT2D eigenvalue weighted by atomic mass is 10.1. The molecule has 2 unspecified atom stereocenters. The quantitative estimate of drug-likeness (QED) is 0.901. The second-order valence-corrected chi connectivity index (χ2v) is 5.99. The van der Waals surface area contributed by atoms with Crippen LogP contribution in [0, 0.1) is 0 Å². The highest BCUT2D eigenvalue weighted by molar-refractivity contribution is 5.84. The lowest BCUT2D eigenvalue weighted by molar-refractivity contribution is -0.133. The Bertz CT molecular complexity index is 499. The van der Waals surface area contributed by atoms with E-state index in [0.717, 1.165) is 11.3 Å². The van der Waals surface area contributed by atoms with E-state index in [0.29, 0.717) is 6.54 Å². The number of hydrogen-bond donors (Lipinski definition) is 1. The molecule has 1 N–H and O–H groups in total. The van der Waals surface area contributed by atoms with Gasteiger partial charge < -0.3 is 14.4 Å². The Labute approximate surface area is 126 Å². The minimum Gasteiger partial charge on any atom is -0.497 e. The molecular formula is C16H24N2O3. The molecular weight excluding hydrogens is 268 g/mol. The monoisotopic (exact) mass is 292 g/mol. The molecule has 1 saturated heterocycles.